The second kappa shape index (κ2) is 3.89. The van der Waals surface area contributed by atoms with Gasteiger partial charge in [-0.25, -0.2) is 8.78 Å². The van der Waals surface area contributed by atoms with Gasteiger partial charge in [-0.15, -0.1) is 0 Å². The van der Waals surface area contributed by atoms with Crippen molar-refractivity contribution in [2.24, 2.45) is 5.73 Å². The smallest absolute Gasteiger partial charge is 0.165 e. The van der Waals surface area contributed by atoms with Crippen LogP contribution >= 0.6 is 0 Å². The van der Waals surface area contributed by atoms with Crippen molar-refractivity contribution in [3.8, 4) is 5.75 Å². The molecule has 3 nitrogen and oxygen atoms in total. The highest BCUT2D eigenvalue weighted by Crippen LogP contribution is 2.29. The quantitative estimate of drug-likeness (QED) is 0.673. The summed E-state index contributed by atoms with van der Waals surface area (Å²) >= 11 is 0. The van der Waals surface area contributed by atoms with E-state index in [9.17, 15) is 13.9 Å². The molecule has 2 atom stereocenters. The van der Waals surface area contributed by atoms with Gasteiger partial charge in [0.05, 0.1) is 17.7 Å². The van der Waals surface area contributed by atoms with E-state index in [1.54, 1.807) is 0 Å². The van der Waals surface area contributed by atoms with E-state index in [0.717, 1.165) is 12.1 Å². The van der Waals surface area contributed by atoms with Crippen molar-refractivity contribution < 1.29 is 19.0 Å². The lowest BCUT2D eigenvalue weighted by molar-refractivity contribution is 0.160. The molecule has 0 saturated carbocycles. The van der Waals surface area contributed by atoms with Crippen LogP contribution in [0.5, 0.6) is 5.75 Å². The topological polar surface area (TPSA) is 66.5 Å². The predicted octanol–water partition coefficient (Wildman–Crippen LogP) is 1.05. The van der Waals surface area contributed by atoms with Crippen molar-refractivity contribution in [2.75, 3.05) is 0 Å². The zero-order valence-electron chi connectivity index (χ0n) is 7.54. The fourth-order valence-electron chi connectivity index (χ4n) is 1.12. The highest BCUT2D eigenvalue weighted by Gasteiger charge is 2.22. The van der Waals surface area contributed by atoms with E-state index >= 15 is 0 Å². The van der Waals surface area contributed by atoms with Crippen LogP contribution in [0.15, 0.2) is 12.1 Å². The Balaban J connectivity index is 3.25. The van der Waals surface area contributed by atoms with Crippen LogP contribution in [-0.2, 0) is 0 Å². The highest BCUT2D eigenvalue weighted by molar-refractivity contribution is 5.37. The maximum atomic E-state index is 13.1. The van der Waals surface area contributed by atoms with E-state index in [1.807, 2.05) is 0 Å². The first-order chi connectivity index (χ1) is 6.45. The maximum Gasteiger partial charge on any atom is 0.165 e. The molecule has 1 aromatic rings. The number of nitrogens with two attached hydrogens (primary N) is 1. The molecule has 0 saturated heterocycles. The van der Waals surface area contributed by atoms with E-state index in [1.165, 1.54) is 6.92 Å². The molecule has 0 aliphatic carbocycles. The molecular formula is C9H11F2NO2. The number of rotatable bonds is 2. The summed E-state index contributed by atoms with van der Waals surface area (Å²) in [5.41, 5.74) is 4.99. The van der Waals surface area contributed by atoms with E-state index in [4.69, 9.17) is 10.8 Å². The number of phenols is 1. The minimum atomic E-state index is -1.15. The van der Waals surface area contributed by atoms with Gasteiger partial charge in [0, 0.05) is 0 Å². The van der Waals surface area contributed by atoms with Gasteiger partial charge < -0.3 is 15.9 Å². The molecule has 1 aromatic carbocycles. The van der Waals surface area contributed by atoms with Crippen LogP contribution in [0, 0.1) is 11.6 Å². The van der Waals surface area contributed by atoms with E-state index in [-0.39, 0.29) is 0 Å². The Hall–Kier alpha value is -1.20. The van der Waals surface area contributed by atoms with Crippen LogP contribution in [0.25, 0.3) is 0 Å². The molecule has 0 aromatic heterocycles. The summed E-state index contributed by atoms with van der Waals surface area (Å²) in [6.45, 7) is 1.33. The lowest BCUT2D eigenvalue weighted by atomic mass is 10.0. The van der Waals surface area contributed by atoms with Crippen LogP contribution in [0.2, 0.25) is 0 Å². The lowest BCUT2D eigenvalue weighted by Gasteiger charge is -2.17. The summed E-state index contributed by atoms with van der Waals surface area (Å²) in [5, 5.41) is 18.3. The minimum Gasteiger partial charge on any atom is -0.505 e. The summed E-state index contributed by atoms with van der Waals surface area (Å²) < 4.78 is 26.0. The molecule has 14 heavy (non-hydrogen) atoms. The van der Waals surface area contributed by atoms with Gasteiger partial charge in [0.2, 0.25) is 0 Å². The maximum absolute atomic E-state index is 13.1. The Morgan fingerprint density at radius 2 is 1.79 bits per heavy atom. The summed E-state index contributed by atoms with van der Waals surface area (Å²) in [4.78, 5) is 0. The van der Waals surface area contributed by atoms with Crippen molar-refractivity contribution >= 4 is 0 Å². The third-order valence-electron chi connectivity index (χ3n) is 1.97. The van der Waals surface area contributed by atoms with Crippen molar-refractivity contribution in [3.05, 3.63) is 29.3 Å². The van der Waals surface area contributed by atoms with Crippen molar-refractivity contribution in [2.45, 2.75) is 19.1 Å². The molecule has 0 amide bonds. The van der Waals surface area contributed by atoms with Crippen LogP contribution < -0.4 is 5.73 Å². The molecular weight excluding hydrogens is 192 g/mol. The Kier molecular flexibility index (Phi) is 3.03. The molecule has 1 rings (SSSR count). The normalized spacial score (nSPS) is 15.2. The van der Waals surface area contributed by atoms with Gasteiger partial charge in [0.1, 0.15) is 5.82 Å². The monoisotopic (exact) mass is 203 g/mol. The molecule has 4 N–H and O–H groups in total. The number of aliphatic hydroxyl groups is 1. The van der Waals surface area contributed by atoms with Crippen LogP contribution in [0.4, 0.5) is 8.78 Å². The highest BCUT2D eigenvalue weighted by atomic mass is 19.1. The first-order valence-corrected chi connectivity index (χ1v) is 4.05. The number of hydrogen-bond acceptors (Lipinski definition) is 3. The van der Waals surface area contributed by atoms with Crippen LogP contribution in [0.1, 0.15) is 18.5 Å². The van der Waals surface area contributed by atoms with Gasteiger partial charge in [-0.1, -0.05) is 0 Å². The van der Waals surface area contributed by atoms with Gasteiger partial charge in [-0.05, 0) is 19.1 Å². The molecule has 5 heteroatoms. The van der Waals surface area contributed by atoms with Crippen molar-refractivity contribution in [1.29, 1.82) is 0 Å². The number of benzene rings is 1. The number of hydrogen-bond donors (Lipinski definition) is 3. The third kappa shape index (κ3) is 1.83. The number of aliphatic hydroxyl groups excluding tert-OH is 1. The van der Waals surface area contributed by atoms with Crippen molar-refractivity contribution in [1.82, 2.24) is 0 Å². The Bertz CT molecular complexity index is 342. The summed E-state index contributed by atoms with van der Waals surface area (Å²) in [7, 11) is 0. The summed E-state index contributed by atoms with van der Waals surface area (Å²) in [6.07, 6.45) is -1.07. The van der Waals surface area contributed by atoms with E-state index in [2.05, 4.69) is 0 Å². The van der Waals surface area contributed by atoms with Crippen LogP contribution in [0.3, 0.4) is 0 Å². The first-order valence-electron chi connectivity index (χ1n) is 4.05. The SMILES string of the molecule is CC(O)[C@H](N)c1c(F)ccc(F)c1O. The molecule has 0 aliphatic heterocycles. The zero-order chi connectivity index (χ0) is 10.9. The summed E-state index contributed by atoms with van der Waals surface area (Å²) in [5.74, 6) is -2.65. The fourth-order valence-corrected chi connectivity index (χ4v) is 1.12. The molecule has 0 aliphatic rings. The fraction of sp³-hybridized carbons (Fsp3) is 0.333. The Morgan fingerprint density at radius 3 is 2.29 bits per heavy atom. The predicted molar refractivity (Wildman–Crippen MR) is 46.6 cm³/mol. The molecule has 78 valence electrons. The molecule has 1 unspecified atom stereocenters. The Labute approximate surface area is 79.8 Å². The number of phenolic OH excluding ortho intramolecular Hbond substituents is 1. The van der Waals surface area contributed by atoms with Gasteiger partial charge in [-0.3, -0.25) is 0 Å². The van der Waals surface area contributed by atoms with E-state index < -0.39 is 35.1 Å². The lowest BCUT2D eigenvalue weighted by Crippen LogP contribution is -2.24. The molecule has 0 radical (unpaired) electrons. The zero-order valence-corrected chi connectivity index (χ0v) is 7.54. The van der Waals surface area contributed by atoms with Crippen molar-refractivity contribution in [3.63, 3.8) is 0 Å². The van der Waals surface area contributed by atoms with Gasteiger partial charge in [-0.2, -0.15) is 0 Å². The standard InChI is InChI=1S/C9H11F2NO2/c1-4(13)8(12)7-5(10)2-3-6(11)9(7)14/h2-4,8,13-14H,12H2,1H3/t4?,8-/m0/s1. The molecule has 0 heterocycles. The molecule has 0 fully saturated rings. The van der Waals surface area contributed by atoms with Gasteiger partial charge in [0.25, 0.3) is 0 Å². The average molecular weight is 203 g/mol. The third-order valence-corrected chi connectivity index (χ3v) is 1.97. The van der Waals surface area contributed by atoms with Gasteiger partial charge >= 0.3 is 0 Å². The second-order valence-electron chi connectivity index (χ2n) is 3.06. The average Bonchev–Trinajstić information content (AvgIpc) is 2.12. The van der Waals surface area contributed by atoms with E-state index in [0.29, 0.717) is 0 Å². The summed E-state index contributed by atoms with van der Waals surface area (Å²) in [6, 6.07) is 0.501. The second-order valence-corrected chi connectivity index (χ2v) is 3.06. The largest absolute Gasteiger partial charge is 0.505 e. The number of aromatic hydroxyl groups is 1. The molecule has 0 bridgehead atoms. The van der Waals surface area contributed by atoms with Crippen LogP contribution in [-0.4, -0.2) is 16.3 Å². The Morgan fingerprint density at radius 1 is 1.29 bits per heavy atom. The minimum absolute atomic E-state index is 0.403. The first kappa shape index (κ1) is 10.9. The molecule has 0 spiro atoms. The number of halogens is 2. The van der Waals surface area contributed by atoms with Gasteiger partial charge in [0.15, 0.2) is 11.6 Å².